The van der Waals surface area contributed by atoms with Crippen LogP contribution in [-0.2, 0) is 26.3 Å². The Labute approximate surface area is 157 Å². The van der Waals surface area contributed by atoms with Crippen molar-refractivity contribution in [1.29, 1.82) is 0 Å². The molecule has 0 atom stereocenters. The van der Waals surface area contributed by atoms with Gasteiger partial charge in [0.1, 0.15) is 17.9 Å². The largest absolute Gasteiger partial charge is 0.434 e. The fraction of sp³-hybridized carbons (Fsp3) is 0.500. The molecule has 0 unspecified atom stereocenters. The maximum atomic E-state index is 12.5. The molecule has 7 nitrogen and oxygen atoms in total. The third-order valence-corrected chi connectivity index (χ3v) is 3.63. The molecule has 12 heteroatoms. The van der Waals surface area contributed by atoms with E-state index in [0.717, 1.165) is 16.7 Å². The van der Waals surface area contributed by atoms with Gasteiger partial charge in [0.25, 0.3) is 0 Å². The summed E-state index contributed by atoms with van der Waals surface area (Å²) in [5.74, 6) is 1.15. The topological polar surface area (TPSA) is 80.0 Å². The van der Waals surface area contributed by atoms with E-state index in [4.69, 9.17) is 0 Å². The van der Waals surface area contributed by atoms with Crippen molar-refractivity contribution >= 4 is 41.3 Å². The first-order valence-electron chi connectivity index (χ1n) is 6.76. The average molecular weight is 475 g/mol. The monoisotopic (exact) mass is 475 g/mol. The van der Waals surface area contributed by atoms with Crippen LogP contribution in [0.25, 0.3) is 0 Å². The van der Waals surface area contributed by atoms with Gasteiger partial charge in [0.2, 0.25) is 0 Å². The summed E-state index contributed by atoms with van der Waals surface area (Å²) >= 11 is 0.952. The molecule has 0 fully saturated rings. The van der Waals surface area contributed by atoms with Crippen molar-refractivity contribution < 1.29 is 13.2 Å². The van der Waals surface area contributed by atoms with E-state index in [9.17, 15) is 13.2 Å². The van der Waals surface area contributed by atoms with Crippen molar-refractivity contribution in [1.82, 2.24) is 30.4 Å². The van der Waals surface area contributed by atoms with Gasteiger partial charge in [-0.3, -0.25) is 0 Å². The summed E-state index contributed by atoms with van der Waals surface area (Å²) in [6.07, 6.45) is -2.85. The van der Waals surface area contributed by atoms with Crippen molar-refractivity contribution in [3.05, 3.63) is 28.2 Å². The highest BCUT2D eigenvalue weighted by Gasteiger charge is 2.33. The van der Waals surface area contributed by atoms with Crippen LogP contribution in [-0.4, -0.2) is 32.3 Å². The Balaban J connectivity index is 0.00000288. The van der Waals surface area contributed by atoms with Gasteiger partial charge in [-0.2, -0.15) is 13.2 Å². The summed E-state index contributed by atoms with van der Waals surface area (Å²) in [6.45, 7) is 2.98. The predicted molar refractivity (Wildman–Crippen MR) is 95.2 cm³/mol. The summed E-state index contributed by atoms with van der Waals surface area (Å²) in [7, 11) is 1.80. The number of rotatable bonds is 5. The lowest BCUT2D eigenvalue weighted by Crippen LogP contribution is -2.36. The third kappa shape index (κ3) is 5.89. The van der Waals surface area contributed by atoms with Crippen molar-refractivity contribution in [2.45, 2.75) is 26.2 Å². The Morgan fingerprint density at radius 1 is 1.38 bits per heavy atom. The maximum absolute atomic E-state index is 12.5. The lowest BCUT2D eigenvalue weighted by Gasteiger charge is -2.09. The molecule has 2 aromatic heterocycles. The van der Waals surface area contributed by atoms with Gasteiger partial charge in [0, 0.05) is 19.0 Å². The molecule has 2 aromatic rings. The van der Waals surface area contributed by atoms with Crippen LogP contribution in [0.3, 0.4) is 0 Å². The molecule has 2 heterocycles. The van der Waals surface area contributed by atoms with E-state index in [0.29, 0.717) is 29.9 Å². The number of aromatic nitrogens is 4. The number of thiazole rings is 1. The van der Waals surface area contributed by atoms with Crippen LogP contribution in [0.1, 0.15) is 23.4 Å². The third-order valence-electron chi connectivity index (χ3n) is 2.78. The molecule has 0 saturated heterocycles. The van der Waals surface area contributed by atoms with Crippen LogP contribution in [0.5, 0.6) is 0 Å². The number of nitrogens with one attached hydrogen (secondary N) is 2. The first-order chi connectivity index (χ1) is 10.9. The van der Waals surface area contributed by atoms with Gasteiger partial charge >= 0.3 is 6.18 Å². The molecule has 2 N–H and O–H groups in total. The van der Waals surface area contributed by atoms with E-state index < -0.39 is 11.9 Å². The van der Waals surface area contributed by atoms with Gasteiger partial charge in [-0.15, -0.1) is 45.5 Å². The van der Waals surface area contributed by atoms with Gasteiger partial charge in [-0.1, -0.05) is 0 Å². The molecule has 0 radical (unpaired) electrons. The zero-order valence-electron chi connectivity index (χ0n) is 13.0. The highest BCUT2D eigenvalue weighted by atomic mass is 127. The average Bonchev–Trinajstić information content (AvgIpc) is 3.10. The second-order valence-electron chi connectivity index (χ2n) is 4.53. The predicted octanol–water partition coefficient (Wildman–Crippen LogP) is 2.16. The van der Waals surface area contributed by atoms with Crippen molar-refractivity contribution in [2.75, 3.05) is 6.54 Å². The van der Waals surface area contributed by atoms with Crippen LogP contribution >= 0.6 is 35.3 Å². The summed E-state index contributed by atoms with van der Waals surface area (Å²) in [4.78, 5) is 7.87. The van der Waals surface area contributed by atoms with E-state index in [1.54, 1.807) is 17.9 Å². The van der Waals surface area contributed by atoms with Crippen LogP contribution in [0.15, 0.2) is 16.7 Å². The van der Waals surface area contributed by atoms with E-state index >= 15 is 0 Å². The molecule has 2 rings (SSSR count). The number of guanidine groups is 1. The van der Waals surface area contributed by atoms with Gasteiger partial charge in [0.05, 0.1) is 6.54 Å². The summed E-state index contributed by atoms with van der Waals surface area (Å²) < 4.78 is 39.3. The minimum absolute atomic E-state index is 0. The number of aliphatic imine (C=N–C) groups is 1. The van der Waals surface area contributed by atoms with Crippen LogP contribution in [0, 0.1) is 0 Å². The molecule has 0 aliphatic heterocycles. The Kier molecular flexibility index (Phi) is 7.86. The molecule has 24 heavy (non-hydrogen) atoms. The second-order valence-corrected chi connectivity index (χ2v) is 5.47. The molecule has 0 aromatic carbocycles. The fourth-order valence-corrected chi connectivity index (χ4v) is 2.36. The van der Waals surface area contributed by atoms with Crippen molar-refractivity contribution in [3.8, 4) is 0 Å². The molecule has 0 aliphatic rings. The van der Waals surface area contributed by atoms with Gasteiger partial charge in [-0.05, 0) is 6.92 Å². The second kappa shape index (κ2) is 9.15. The summed E-state index contributed by atoms with van der Waals surface area (Å²) in [5.41, 5.74) is -0.875. The van der Waals surface area contributed by atoms with Crippen molar-refractivity contribution in [3.63, 3.8) is 0 Å². The number of halogens is 4. The number of nitrogens with zero attached hydrogens (tertiary/aromatic N) is 5. The Morgan fingerprint density at radius 2 is 2.12 bits per heavy atom. The normalized spacial score (nSPS) is 12.0. The van der Waals surface area contributed by atoms with Gasteiger partial charge < -0.3 is 15.2 Å². The molecule has 0 bridgehead atoms. The van der Waals surface area contributed by atoms with E-state index in [1.807, 2.05) is 6.92 Å². The maximum Gasteiger partial charge on any atom is 0.434 e. The molecule has 0 spiro atoms. The Morgan fingerprint density at radius 3 is 2.67 bits per heavy atom. The first kappa shape index (κ1) is 20.6. The molecule has 0 saturated carbocycles. The van der Waals surface area contributed by atoms with Crippen molar-refractivity contribution in [2.24, 2.45) is 12.0 Å². The van der Waals surface area contributed by atoms with Crippen LogP contribution < -0.4 is 10.6 Å². The van der Waals surface area contributed by atoms with Gasteiger partial charge in [-0.25, -0.2) is 9.98 Å². The lowest BCUT2D eigenvalue weighted by molar-refractivity contribution is -0.140. The summed E-state index contributed by atoms with van der Waals surface area (Å²) in [5, 5.41) is 15.0. The quantitative estimate of drug-likeness (QED) is 0.394. The van der Waals surface area contributed by atoms with Crippen LogP contribution in [0.4, 0.5) is 13.2 Å². The minimum Gasteiger partial charge on any atom is -0.357 e. The van der Waals surface area contributed by atoms with E-state index in [2.05, 4.69) is 30.8 Å². The lowest BCUT2D eigenvalue weighted by atomic mass is 10.5. The Hall–Kier alpha value is -1.44. The minimum atomic E-state index is -4.42. The standard InChI is InChI=1S/C12H16F3N7S.HI/c1-3-16-11(17-4-9-21-19-7-22(9)2)18-5-10-20-8(6-23-10)12(13,14)15;/h6-7H,3-5H2,1-2H3,(H2,16,17,18);1H. The number of aryl methyl sites for hydroxylation is 1. The molecule has 134 valence electrons. The summed E-state index contributed by atoms with van der Waals surface area (Å²) in [6, 6.07) is 0. The molecular formula is C12H17F3IN7S. The molecular weight excluding hydrogens is 458 g/mol. The zero-order chi connectivity index (χ0) is 16.9. The first-order valence-corrected chi connectivity index (χ1v) is 7.64. The highest BCUT2D eigenvalue weighted by molar-refractivity contribution is 14.0. The Bertz CT molecular complexity index is 668. The highest BCUT2D eigenvalue weighted by Crippen LogP contribution is 2.29. The van der Waals surface area contributed by atoms with Crippen LogP contribution in [0.2, 0.25) is 0 Å². The SMILES string of the molecule is CCNC(=NCc1nncn1C)NCc1nc(C(F)(F)F)cs1.I. The fourth-order valence-electron chi connectivity index (χ4n) is 1.62. The number of hydrogen-bond donors (Lipinski definition) is 2. The van der Waals surface area contributed by atoms with Gasteiger partial charge in [0.15, 0.2) is 17.5 Å². The number of hydrogen-bond acceptors (Lipinski definition) is 5. The van der Waals surface area contributed by atoms with E-state index in [-0.39, 0.29) is 30.5 Å². The molecule has 0 amide bonds. The molecule has 0 aliphatic carbocycles. The number of alkyl halides is 3. The zero-order valence-corrected chi connectivity index (χ0v) is 16.1. The van der Waals surface area contributed by atoms with E-state index in [1.165, 1.54) is 0 Å². The smallest absolute Gasteiger partial charge is 0.357 e.